The fraction of sp³-hybridized carbons (Fsp3) is 0.211. The Bertz CT molecular complexity index is 704. The number of amides is 1. The number of hydrogen-bond acceptors (Lipinski definition) is 3. The molecule has 0 bridgehead atoms. The Balaban J connectivity index is 1.93. The summed E-state index contributed by atoms with van der Waals surface area (Å²) in [7, 11) is 0. The van der Waals surface area contributed by atoms with E-state index in [0.29, 0.717) is 29.4 Å². The molecule has 0 saturated carbocycles. The largest absolute Gasteiger partial charge is 0.490 e. The molecular weight excluding hydrogens is 290 g/mol. The minimum absolute atomic E-state index is 0.104. The van der Waals surface area contributed by atoms with Gasteiger partial charge in [-0.25, -0.2) is 0 Å². The number of rotatable bonds is 7. The first-order valence-electron chi connectivity index (χ1n) is 7.44. The molecule has 0 aromatic heterocycles. The molecule has 0 aliphatic heterocycles. The van der Waals surface area contributed by atoms with Crippen molar-refractivity contribution in [3.05, 3.63) is 54.1 Å². The van der Waals surface area contributed by atoms with Crippen LogP contribution in [0.3, 0.4) is 0 Å². The van der Waals surface area contributed by atoms with Gasteiger partial charge in [0.2, 0.25) is 0 Å². The maximum Gasteiger partial charge on any atom is 0.262 e. The first kappa shape index (κ1) is 16.4. The molecule has 0 aliphatic rings. The smallest absolute Gasteiger partial charge is 0.262 e. The highest BCUT2D eigenvalue weighted by Crippen LogP contribution is 2.26. The monoisotopic (exact) mass is 309 g/mol. The second kappa shape index (κ2) is 8.50. The number of terminal acetylenes is 1. The molecule has 0 radical (unpaired) electrons. The van der Waals surface area contributed by atoms with E-state index in [2.05, 4.69) is 11.2 Å². The van der Waals surface area contributed by atoms with Gasteiger partial charge < -0.3 is 14.8 Å². The molecule has 0 heterocycles. The van der Waals surface area contributed by atoms with Crippen molar-refractivity contribution in [2.45, 2.75) is 13.3 Å². The fourth-order valence-corrected chi connectivity index (χ4v) is 1.93. The third-order valence-electron chi connectivity index (χ3n) is 2.98. The maximum absolute atomic E-state index is 12.0. The van der Waals surface area contributed by atoms with Crippen LogP contribution in [0.15, 0.2) is 48.5 Å². The summed E-state index contributed by atoms with van der Waals surface area (Å²) in [6.07, 6.45) is 6.24. The molecule has 0 unspecified atom stereocenters. The summed E-state index contributed by atoms with van der Waals surface area (Å²) in [4.78, 5) is 12.0. The minimum Gasteiger partial charge on any atom is -0.490 e. The summed E-state index contributed by atoms with van der Waals surface area (Å²) in [5, 5.41) is 2.75. The Morgan fingerprint density at radius 1 is 1.13 bits per heavy atom. The second-order valence-electron chi connectivity index (χ2n) is 4.86. The summed E-state index contributed by atoms with van der Waals surface area (Å²) in [5.41, 5.74) is 1.35. The number of carbonyl (C=O) groups is 1. The first-order chi connectivity index (χ1) is 11.2. The van der Waals surface area contributed by atoms with Crippen molar-refractivity contribution in [1.82, 2.24) is 0 Å². The first-order valence-corrected chi connectivity index (χ1v) is 7.44. The van der Waals surface area contributed by atoms with Crippen molar-refractivity contribution < 1.29 is 14.3 Å². The molecule has 2 rings (SSSR count). The predicted octanol–water partition coefficient (Wildman–Crippen LogP) is 3.47. The van der Waals surface area contributed by atoms with E-state index in [1.54, 1.807) is 30.3 Å². The van der Waals surface area contributed by atoms with Crippen molar-refractivity contribution in [3.8, 4) is 23.8 Å². The molecule has 0 fully saturated rings. The fourth-order valence-electron chi connectivity index (χ4n) is 1.93. The Kier molecular flexibility index (Phi) is 6.07. The molecule has 2 aromatic carbocycles. The van der Waals surface area contributed by atoms with Gasteiger partial charge in [-0.2, -0.15) is 0 Å². The third-order valence-corrected chi connectivity index (χ3v) is 2.98. The van der Waals surface area contributed by atoms with Crippen LogP contribution in [-0.2, 0) is 4.79 Å². The van der Waals surface area contributed by atoms with Crippen LogP contribution < -0.4 is 14.8 Å². The highest BCUT2D eigenvalue weighted by atomic mass is 16.5. The molecule has 4 nitrogen and oxygen atoms in total. The van der Waals surface area contributed by atoms with E-state index in [4.69, 9.17) is 15.9 Å². The van der Waals surface area contributed by atoms with Gasteiger partial charge in [0, 0.05) is 11.3 Å². The van der Waals surface area contributed by atoms with Crippen LogP contribution in [0.2, 0.25) is 0 Å². The number of para-hydroxylation sites is 2. The SMILES string of the molecule is C#Cc1cccc(NC(=O)COc2ccccc2OCCC)c1. The van der Waals surface area contributed by atoms with Crippen LogP contribution in [0.4, 0.5) is 5.69 Å². The van der Waals surface area contributed by atoms with Crippen molar-refractivity contribution >= 4 is 11.6 Å². The summed E-state index contributed by atoms with van der Waals surface area (Å²) in [6.45, 7) is 2.53. The van der Waals surface area contributed by atoms with Crippen LogP contribution >= 0.6 is 0 Å². The molecule has 1 amide bonds. The average Bonchev–Trinajstić information content (AvgIpc) is 2.59. The quantitative estimate of drug-likeness (QED) is 0.797. The zero-order valence-corrected chi connectivity index (χ0v) is 13.0. The van der Waals surface area contributed by atoms with Crippen LogP contribution in [0, 0.1) is 12.3 Å². The van der Waals surface area contributed by atoms with E-state index in [1.165, 1.54) is 0 Å². The highest BCUT2D eigenvalue weighted by molar-refractivity contribution is 5.92. The van der Waals surface area contributed by atoms with Gasteiger partial charge in [-0.1, -0.05) is 31.0 Å². The van der Waals surface area contributed by atoms with Gasteiger partial charge in [-0.15, -0.1) is 6.42 Å². The van der Waals surface area contributed by atoms with E-state index in [9.17, 15) is 4.79 Å². The molecule has 0 saturated heterocycles. The van der Waals surface area contributed by atoms with Gasteiger partial charge in [0.1, 0.15) is 0 Å². The standard InChI is InChI=1S/C19H19NO3/c1-3-12-22-17-10-5-6-11-18(17)23-14-19(21)20-16-9-7-8-15(4-2)13-16/h2,5-11,13H,3,12,14H2,1H3,(H,20,21). The van der Waals surface area contributed by atoms with E-state index in [0.717, 1.165) is 6.42 Å². The Morgan fingerprint density at radius 3 is 2.57 bits per heavy atom. The topological polar surface area (TPSA) is 47.6 Å². The minimum atomic E-state index is -0.260. The van der Waals surface area contributed by atoms with Gasteiger partial charge in [0.05, 0.1) is 6.61 Å². The second-order valence-corrected chi connectivity index (χ2v) is 4.86. The van der Waals surface area contributed by atoms with E-state index >= 15 is 0 Å². The van der Waals surface area contributed by atoms with Crippen molar-refractivity contribution in [1.29, 1.82) is 0 Å². The Morgan fingerprint density at radius 2 is 1.87 bits per heavy atom. The van der Waals surface area contributed by atoms with Crippen LogP contribution in [0.25, 0.3) is 0 Å². The maximum atomic E-state index is 12.0. The van der Waals surface area contributed by atoms with Crippen LogP contribution in [0.1, 0.15) is 18.9 Å². The van der Waals surface area contributed by atoms with Gasteiger partial charge in [-0.3, -0.25) is 4.79 Å². The van der Waals surface area contributed by atoms with Crippen molar-refractivity contribution in [2.75, 3.05) is 18.5 Å². The molecule has 2 aromatic rings. The van der Waals surface area contributed by atoms with Crippen molar-refractivity contribution in [3.63, 3.8) is 0 Å². The van der Waals surface area contributed by atoms with Crippen molar-refractivity contribution in [2.24, 2.45) is 0 Å². The van der Waals surface area contributed by atoms with Gasteiger partial charge in [0.15, 0.2) is 18.1 Å². The molecule has 0 aliphatic carbocycles. The average molecular weight is 309 g/mol. The lowest BCUT2D eigenvalue weighted by Crippen LogP contribution is -2.20. The van der Waals surface area contributed by atoms with Crippen LogP contribution in [0.5, 0.6) is 11.5 Å². The summed E-state index contributed by atoms with van der Waals surface area (Å²) < 4.78 is 11.1. The predicted molar refractivity (Wildman–Crippen MR) is 90.7 cm³/mol. The highest BCUT2D eigenvalue weighted by Gasteiger charge is 2.08. The molecule has 0 spiro atoms. The van der Waals surface area contributed by atoms with Crippen LogP contribution in [-0.4, -0.2) is 19.1 Å². The van der Waals surface area contributed by atoms with E-state index < -0.39 is 0 Å². The number of carbonyl (C=O) groups excluding carboxylic acids is 1. The molecule has 118 valence electrons. The van der Waals surface area contributed by atoms with Gasteiger partial charge in [-0.05, 0) is 36.8 Å². The van der Waals surface area contributed by atoms with E-state index in [1.807, 2.05) is 25.1 Å². The molecule has 23 heavy (non-hydrogen) atoms. The number of hydrogen-bond donors (Lipinski definition) is 1. The van der Waals surface area contributed by atoms with Gasteiger partial charge in [0.25, 0.3) is 5.91 Å². The lowest BCUT2D eigenvalue weighted by Gasteiger charge is -2.12. The molecule has 4 heteroatoms. The van der Waals surface area contributed by atoms with Gasteiger partial charge >= 0.3 is 0 Å². The summed E-state index contributed by atoms with van der Waals surface area (Å²) >= 11 is 0. The number of anilines is 1. The molecule has 1 N–H and O–H groups in total. The molecular formula is C19H19NO3. The third kappa shape index (κ3) is 5.08. The van der Waals surface area contributed by atoms with E-state index in [-0.39, 0.29) is 12.5 Å². The number of nitrogens with one attached hydrogen (secondary N) is 1. The Hall–Kier alpha value is -2.93. The normalized spacial score (nSPS) is 9.74. The summed E-state index contributed by atoms with van der Waals surface area (Å²) in [6, 6.07) is 14.4. The number of ether oxygens (including phenoxy) is 2. The Labute approximate surface area is 136 Å². The zero-order valence-electron chi connectivity index (χ0n) is 13.0. The zero-order chi connectivity index (χ0) is 16.5. The summed E-state index contributed by atoms with van der Waals surface area (Å²) in [5.74, 6) is 3.45. The lowest BCUT2D eigenvalue weighted by molar-refractivity contribution is -0.118. The lowest BCUT2D eigenvalue weighted by atomic mass is 10.2. The molecule has 0 atom stereocenters. The number of benzene rings is 2.